The summed E-state index contributed by atoms with van der Waals surface area (Å²) in [6.07, 6.45) is 5.30. The van der Waals surface area contributed by atoms with E-state index in [9.17, 15) is 4.79 Å². The number of ether oxygens (including phenoxy) is 1. The minimum Gasteiger partial charge on any atom is -0.458 e. The molecular weight excluding hydrogens is 204 g/mol. The summed E-state index contributed by atoms with van der Waals surface area (Å²) >= 11 is 0. The van der Waals surface area contributed by atoms with Crippen LogP contribution in [0.3, 0.4) is 0 Å². The summed E-state index contributed by atoms with van der Waals surface area (Å²) in [4.78, 5) is 11.8. The molecule has 0 fully saturated rings. The van der Waals surface area contributed by atoms with Crippen LogP contribution in [0.15, 0.2) is 0 Å². The van der Waals surface area contributed by atoms with Crippen LogP contribution in [0.25, 0.3) is 0 Å². The molecule has 0 aliphatic carbocycles. The zero-order chi connectivity index (χ0) is 12.3. The van der Waals surface area contributed by atoms with E-state index in [1.54, 1.807) is 25.6 Å². The number of nitrogens with zero attached hydrogens (tertiary/aromatic N) is 2. The van der Waals surface area contributed by atoms with Crippen LogP contribution in [0.4, 0.5) is 0 Å². The zero-order valence-electron chi connectivity index (χ0n) is 10.1. The van der Waals surface area contributed by atoms with Gasteiger partial charge in [-0.05, 0) is 20.8 Å². The van der Waals surface area contributed by atoms with Crippen molar-refractivity contribution in [1.29, 1.82) is 0 Å². The summed E-state index contributed by atoms with van der Waals surface area (Å²) in [5.41, 5.74) is 2.01. The van der Waals surface area contributed by atoms with Crippen molar-refractivity contribution in [2.75, 3.05) is 0 Å². The van der Waals surface area contributed by atoms with Gasteiger partial charge in [-0.25, -0.2) is 4.79 Å². The smallest absolute Gasteiger partial charge is 0.342 e. The Labute approximate surface area is 95.6 Å². The van der Waals surface area contributed by atoms with E-state index in [4.69, 9.17) is 11.2 Å². The molecular formula is C12H16N2O2. The molecule has 0 aliphatic rings. The molecule has 1 rings (SSSR count). The number of esters is 1. The van der Waals surface area contributed by atoms with Gasteiger partial charge in [0.1, 0.15) is 11.7 Å². The lowest BCUT2D eigenvalue weighted by molar-refractivity contribution is 0.0350. The fourth-order valence-corrected chi connectivity index (χ4v) is 1.52. The monoisotopic (exact) mass is 220 g/mol. The highest BCUT2D eigenvalue weighted by atomic mass is 16.5. The summed E-state index contributed by atoms with van der Waals surface area (Å²) < 4.78 is 6.88. The Bertz CT molecular complexity index is 441. The molecule has 4 heteroatoms. The third-order valence-electron chi connectivity index (χ3n) is 2.43. The van der Waals surface area contributed by atoms with Gasteiger partial charge in [0, 0.05) is 19.2 Å². The molecule has 0 saturated heterocycles. The Morgan fingerprint density at radius 1 is 1.62 bits per heavy atom. The Morgan fingerprint density at radius 3 is 2.69 bits per heavy atom. The quantitative estimate of drug-likeness (QED) is 0.574. The van der Waals surface area contributed by atoms with Gasteiger partial charge in [0.05, 0.1) is 5.69 Å². The molecule has 0 spiro atoms. The van der Waals surface area contributed by atoms with E-state index in [0.717, 1.165) is 5.69 Å². The molecule has 0 bridgehead atoms. The zero-order valence-corrected chi connectivity index (χ0v) is 10.1. The van der Waals surface area contributed by atoms with Crippen molar-refractivity contribution in [3.8, 4) is 12.3 Å². The molecule has 1 aromatic heterocycles. The Kier molecular flexibility index (Phi) is 3.73. The van der Waals surface area contributed by atoms with Crippen molar-refractivity contribution in [2.45, 2.75) is 33.3 Å². The van der Waals surface area contributed by atoms with Crippen LogP contribution in [0, 0.1) is 26.2 Å². The second kappa shape index (κ2) is 4.84. The fourth-order valence-electron chi connectivity index (χ4n) is 1.52. The number of hydrogen-bond donors (Lipinski definition) is 0. The van der Waals surface area contributed by atoms with Gasteiger partial charge >= 0.3 is 5.97 Å². The van der Waals surface area contributed by atoms with Crippen molar-refractivity contribution < 1.29 is 9.53 Å². The first kappa shape index (κ1) is 12.3. The summed E-state index contributed by atoms with van der Waals surface area (Å²) in [7, 11) is 1.80. The molecule has 86 valence electrons. The van der Waals surface area contributed by atoms with Crippen LogP contribution in [-0.2, 0) is 11.8 Å². The molecule has 1 unspecified atom stereocenters. The van der Waals surface area contributed by atoms with E-state index in [-0.39, 0.29) is 12.1 Å². The molecule has 0 amide bonds. The molecule has 1 aromatic rings. The molecule has 1 heterocycles. The van der Waals surface area contributed by atoms with E-state index in [1.807, 2.05) is 6.92 Å². The first-order valence-corrected chi connectivity index (χ1v) is 5.12. The Hall–Kier alpha value is -1.76. The number of carbonyl (C=O) groups is 1. The van der Waals surface area contributed by atoms with Crippen LogP contribution >= 0.6 is 0 Å². The average Bonchev–Trinajstić information content (AvgIpc) is 2.41. The van der Waals surface area contributed by atoms with Crippen LogP contribution in [0.1, 0.15) is 35.1 Å². The standard InChI is InChI=1S/C12H16N2O2/c1-6-7-8(2)16-12(15)11-9(3)13-14(5)10(11)4/h1,8H,7H2,2-5H3. The highest BCUT2D eigenvalue weighted by Crippen LogP contribution is 2.14. The van der Waals surface area contributed by atoms with Gasteiger partial charge in [-0.2, -0.15) is 5.10 Å². The molecule has 0 radical (unpaired) electrons. The van der Waals surface area contributed by atoms with Gasteiger partial charge in [0.2, 0.25) is 0 Å². The topological polar surface area (TPSA) is 44.1 Å². The normalized spacial score (nSPS) is 11.9. The number of aryl methyl sites for hydroxylation is 2. The minimum atomic E-state index is -0.356. The van der Waals surface area contributed by atoms with Crippen molar-refractivity contribution in [2.24, 2.45) is 7.05 Å². The summed E-state index contributed by atoms with van der Waals surface area (Å²) in [6, 6.07) is 0. The van der Waals surface area contributed by atoms with E-state index in [1.165, 1.54) is 0 Å². The van der Waals surface area contributed by atoms with Gasteiger partial charge in [0.25, 0.3) is 0 Å². The van der Waals surface area contributed by atoms with Crippen LogP contribution in [-0.4, -0.2) is 21.9 Å². The maximum atomic E-state index is 11.8. The lowest BCUT2D eigenvalue weighted by Gasteiger charge is -2.10. The van der Waals surface area contributed by atoms with Crippen molar-refractivity contribution in [3.63, 3.8) is 0 Å². The highest BCUT2D eigenvalue weighted by Gasteiger charge is 2.20. The Morgan fingerprint density at radius 2 is 2.25 bits per heavy atom. The summed E-state index contributed by atoms with van der Waals surface area (Å²) in [5.74, 6) is 2.10. The number of terminal acetylenes is 1. The third-order valence-corrected chi connectivity index (χ3v) is 2.43. The van der Waals surface area contributed by atoms with Gasteiger partial charge in [-0.3, -0.25) is 4.68 Å². The predicted octanol–water partition coefficient (Wildman–Crippen LogP) is 1.61. The second-order valence-corrected chi connectivity index (χ2v) is 3.79. The summed E-state index contributed by atoms with van der Waals surface area (Å²) in [6.45, 7) is 5.40. The molecule has 4 nitrogen and oxygen atoms in total. The Balaban J connectivity index is 2.85. The molecule has 0 aromatic carbocycles. The largest absolute Gasteiger partial charge is 0.458 e. The van der Waals surface area contributed by atoms with E-state index in [2.05, 4.69) is 11.0 Å². The predicted molar refractivity (Wildman–Crippen MR) is 61.0 cm³/mol. The number of aromatic nitrogens is 2. The van der Waals surface area contributed by atoms with Gasteiger partial charge in [-0.15, -0.1) is 12.3 Å². The van der Waals surface area contributed by atoms with Gasteiger partial charge in [-0.1, -0.05) is 0 Å². The van der Waals surface area contributed by atoms with Crippen LogP contribution in [0.5, 0.6) is 0 Å². The van der Waals surface area contributed by atoms with Crippen molar-refractivity contribution in [1.82, 2.24) is 9.78 Å². The number of rotatable bonds is 3. The lowest BCUT2D eigenvalue weighted by Crippen LogP contribution is -2.15. The molecule has 0 N–H and O–H groups in total. The fraction of sp³-hybridized carbons (Fsp3) is 0.500. The number of hydrogen-bond acceptors (Lipinski definition) is 3. The third kappa shape index (κ3) is 2.43. The number of carbonyl (C=O) groups excluding carboxylic acids is 1. The van der Waals surface area contributed by atoms with E-state index < -0.39 is 0 Å². The first-order valence-electron chi connectivity index (χ1n) is 5.12. The SMILES string of the molecule is C#CCC(C)OC(=O)c1c(C)nn(C)c1C. The van der Waals surface area contributed by atoms with E-state index in [0.29, 0.717) is 17.7 Å². The highest BCUT2D eigenvalue weighted by molar-refractivity contribution is 5.91. The maximum Gasteiger partial charge on any atom is 0.342 e. The molecule has 0 aliphatic heterocycles. The molecule has 0 saturated carbocycles. The average molecular weight is 220 g/mol. The second-order valence-electron chi connectivity index (χ2n) is 3.79. The van der Waals surface area contributed by atoms with Crippen molar-refractivity contribution in [3.05, 3.63) is 17.0 Å². The maximum absolute atomic E-state index is 11.8. The molecule has 1 atom stereocenters. The molecule has 16 heavy (non-hydrogen) atoms. The van der Waals surface area contributed by atoms with Crippen LogP contribution in [0.2, 0.25) is 0 Å². The van der Waals surface area contributed by atoms with E-state index >= 15 is 0 Å². The van der Waals surface area contributed by atoms with Gasteiger partial charge in [0.15, 0.2) is 0 Å². The summed E-state index contributed by atoms with van der Waals surface area (Å²) in [5, 5.41) is 4.16. The first-order chi connectivity index (χ1) is 7.47. The lowest BCUT2D eigenvalue weighted by atomic mass is 10.2. The van der Waals surface area contributed by atoms with Crippen LogP contribution < -0.4 is 0 Å². The van der Waals surface area contributed by atoms with Gasteiger partial charge < -0.3 is 4.74 Å². The minimum absolute atomic E-state index is 0.267. The van der Waals surface area contributed by atoms with Crippen molar-refractivity contribution >= 4 is 5.97 Å².